The number of aromatic nitrogens is 2. The van der Waals surface area contributed by atoms with Gasteiger partial charge < -0.3 is 0 Å². The molecule has 0 atom stereocenters. The van der Waals surface area contributed by atoms with Crippen LogP contribution in [0.3, 0.4) is 0 Å². The topological polar surface area (TPSA) is 17.8 Å². The van der Waals surface area contributed by atoms with E-state index in [9.17, 15) is 0 Å². The predicted molar refractivity (Wildman–Crippen MR) is 90.4 cm³/mol. The van der Waals surface area contributed by atoms with E-state index in [1.54, 1.807) is 0 Å². The van der Waals surface area contributed by atoms with Crippen LogP contribution in [-0.4, -0.2) is 9.78 Å². The fraction of sp³-hybridized carbons (Fsp3) is 0.250. The Labute approximate surface area is 131 Å². The van der Waals surface area contributed by atoms with Gasteiger partial charge in [-0.05, 0) is 67.5 Å². The van der Waals surface area contributed by atoms with Crippen molar-refractivity contribution in [2.45, 2.75) is 32.6 Å². The summed E-state index contributed by atoms with van der Waals surface area (Å²) in [7, 11) is 0. The van der Waals surface area contributed by atoms with E-state index in [0.717, 1.165) is 5.69 Å². The van der Waals surface area contributed by atoms with Crippen LogP contribution in [0, 0.1) is 6.92 Å². The SMILES string of the molecule is Cc1ccccc1-c1ccn(-c2ccc3c(c2)CCCC3)n1. The molecule has 0 saturated heterocycles. The molecule has 110 valence electrons. The van der Waals surface area contributed by atoms with Crippen LogP contribution in [0.25, 0.3) is 16.9 Å². The van der Waals surface area contributed by atoms with Crippen molar-refractivity contribution >= 4 is 0 Å². The molecule has 1 aliphatic carbocycles. The number of nitrogens with zero attached hydrogens (tertiary/aromatic N) is 2. The van der Waals surface area contributed by atoms with Crippen LogP contribution in [-0.2, 0) is 12.8 Å². The summed E-state index contributed by atoms with van der Waals surface area (Å²) in [5, 5.41) is 4.78. The fourth-order valence-electron chi connectivity index (χ4n) is 3.33. The van der Waals surface area contributed by atoms with Gasteiger partial charge in [-0.25, -0.2) is 4.68 Å². The molecular weight excluding hydrogens is 268 g/mol. The van der Waals surface area contributed by atoms with E-state index in [0.29, 0.717) is 0 Å². The molecule has 1 aromatic heterocycles. The van der Waals surface area contributed by atoms with Gasteiger partial charge in [-0.2, -0.15) is 5.10 Å². The Kier molecular flexibility index (Phi) is 3.30. The van der Waals surface area contributed by atoms with Crippen LogP contribution in [0.15, 0.2) is 54.7 Å². The lowest BCUT2D eigenvalue weighted by atomic mass is 9.91. The van der Waals surface area contributed by atoms with Crippen molar-refractivity contribution in [3.8, 4) is 16.9 Å². The van der Waals surface area contributed by atoms with Gasteiger partial charge in [0.05, 0.1) is 11.4 Å². The van der Waals surface area contributed by atoms with E-state index in [1.165, 1.54) is 53.6 Å². The number of aryl methyl sites for hydroxylation is 3. The van der Waals surface area contributed by atoms with Crippen LogP contribution in [0.4, 0.5) is 0 Å². The quantitative estimate of drug-likeness (QED) is 0.667. The van der Waals surface area contributed by atoms with Gasteiger partial charge in [-0.1, -0.05) is 30.3 Å². The van der Waals surface area contributed by atoms with E-state index in [4.69, 9.17) is 5.10 Å². The van der Waals surface area contributed by atoms with Crippen molar-refractivity contribution in [2.24, 2.45) is 0 Å². The van der Waals surface area contributed by atoms with Crippen LogP contribution in [0.5, 0.6) is 0 Å². The summed E-state index contributed by atoms with van der Waals surface area (Å²) >= 11 is 0. The number of benzene rings is 2. The second-order valence-electron chi connectivity index (χ2n) is 6.12. The third-order valence-corrected chi connectivity index (χ3v) is 4.61. The first-order valence-corrected chi connectivity index (χ1v) is 8.05. The maximum Gasteiger partial charge on any atom is 0.0930 e. The predicted octanol–water partition coefficient (Wildman–Crippen LogP) is 4.73. The fourth-order valence-corrected chi connectivity index (χ4v) is 3.33. The molecule has 0 bridgehead atoms. The molecule has 0 unspecified atom stereocenters. The summed E-state index contributed by atoms with van der Waals surface area (Å²) in [5.41, 5.74) is 7.69. The second-order valence-corrected chi connectivity index (χ2v) is 6.12. The zero-order chi connectivity index (χ0) is 14.9. The minimum atomic E-state index is 1.04. The molecule has 0 fully saturated rings. The highest BCUT2D eigenvalue weighted by Crippen LogP contribution is 2.25. The maximum absolute atomic E-state index is 4.78. The molecule has 1 heterocycles. The Morgan fingerprint density at radius 2 is 1.73 bits per heavy atom. The molecule has 2 heteroatoms. The minimum Gasteiger partial charge on any atom is -0.240 e. The Balaban J connectivity index is 1.71. The Bertz CT molecular complexity index is 814. The van der Waals surface area contributed by atoms with Gasteiger partial charge in [-0.15, -0.1) is 0 Å². The smallest absolute Gasteiger partial charge is 0.0930 e. The van der Waals surface area contributed by atoms with Gasteiger partial charge in [0, 0.05) is 11.8 Å². The van der Waals surface area contributed by atoms with Crippen LogP contribution < -0.4 is 0 Å². The van der Waals surface area contributed by atoms with Crippen LogP contribution in [0.2, 0.25) is 0 Å². The lowest BCUT2D eigenvalue weighted by molar-refractivity contribution is 0.684. The molecule has 0 spiro atoms. The standard InChI is InChI=1S/C20H20N2/c1-15-6-2-5-9-19(15)20-12-13-22(21-20)18-11-10-16-7-3-4-8-17(16)14-18/h2,5-6,9-14H,3-4,7-8H2,1H3. The number of hydrogen-bond acceptors (Lipinski definition) is 1. The highest BCUT2D eigenvalue weighted by molar-refractivity contribution is 5.63. The summed E-state index contributed by atoms with van der Waals surface area (Å²) in [6.45, 7) is 2.13. The third-order valence-electron chi connectivity index (χ3n) is 4.61. The van der Waals surface area contributed by atoms with E-state index in [2.05, 4.69) is 61.7 Å². The summed E-state index contributed by atoms with van der Waals surface area (Å²) in [5.74, 6) is 0. The zero-order valence-corrected chi connectivity index (χ0v) is 12.9. The Hall–Kier alpha value is -2.35. The molecule has 0 aliphatic heterocycles. The van der Waals surface area contributed by atoms with Gasteiger partial charge in [0.15, 0.2) is 0 Å². The Morgan fingerprint density at radius 3 is 2.59 bits per heavy atom. The largest absolute Gasteiger partial charge is 0.240 e. The number of rotatable bonds is 2. The average Bonchev–Trinajstić information content (AvgIpc) is 3.04. The number of hydrogen-bond donors (Lipinski definition) is 0. The van der Waals surface area contributed by atoms with Gasteiger partial charge >= 0.3 is 0 Å². The van der Waals surface area contributed by atoms with Crippen molar-refractivity contribution in [3.05, 3.63) is 71.4 Å². The third kappa shape index (κ3) is 2.35. The molecule has 4 rings (SSSR count). The Morgan fingerprint density at radius 1 is 0.909 bits per heavy atom. The first-order valence-electron chi connectivity index (χ1n) is 8.05. The van der Waals surface area contributed by atoms with Crippen LogP contribution in [0.1, 0.15) is 29.5 Å². The highest BCUT2D eigenvalue weighted by atomic mass is 15.3. The van der Waals surface area contributed by atoms with Crippen LogP contribution >= 0.6 is 0 Å². The monoisotopic (exact) mass is 288 g/mol. The molecule has 3 aromatic rings. The summed E-state index contributed by atoms with van der Waals surface area (Å²) in [6, 6.07) is 17.3. The van der Waals surface area contributed by atoms with Gasteiger partial charge in [0.25, 0.3) is 0 Å². The maximum atomic E-state index is 4.78. The molecule has 1 aliphatic rings. The first-order chi connectivity index (χ1) is 10.8. The normalized spacial score (nSPS) is 13.9. The van der Waals surface area contributed by atoms with E-state index < -0.39 is 0 Å². The number of fused-ring (bicyclic) bond motifs is 1. The summed E-state index contributed by atoms with van der Waals surface area (Å²) in [4.78, 5) is 0. The van der Waals surface area contributed by atoms with E-state index in [1.807, 2.05) is 4.68 Å². The zero-order valence-electron chi connectivity index (χ0n) is 12.9. The van der Waals surface area contributed by atoms with E-state index >= 15 is 0 Å². The summed E-state index contributed by atoms with van der Waals surface area (Å²) in [6.07, 6.45) is 7.13. The second kappa shape index (κ2) is 5.45. The lowest BCUT2D eigenvalue weighted by Crippen LogP contribution is -2.04. The molecule has 0 saturated carbocycles. The molecule has 2 aromatic carbocycles. The highest BCUT2D eigenvalue weighted by Gasteiger charge is 2.11. The van der Waals surface area contributed by atoms with Crippen molar-refractivity contribution in [2.75, 3.05) is 0 Å². The molecule has 0 amide bonds. The average molecular weight is 288 g/mol. The molecular formula is C20H20N2. The van der Waals surface area contributed by atoms with Crippen molar-refractivity contribution in [1.29, 1.82) is 0 Å². The van der Waals surface area contributed by atoms with Crippen molar-refractivity contribution in [1.82, 2.24) is 9.78 Å². The molecule has 2 nitrogen and oxygen atoms in total. The molecule has 0 radical (unpaired) electrons. The van der Waals surface area contributed by atoms with Crippen molar-refractivity contribution < 1.29 is 0 Å². The van der Waals surface area contributed by atoms with Crippen molar-refractivity contribution in [3.63, 3.8) is 0 Å². The van der Waals surface area contributed by atoms with Gasteiger partial charge in [-0.3, -0.25) is 0 Å². The molecule has 22 heavy (non-hydrogen) atoms. The molecule has 0 N–H and O–H groups in total. The minimum absolute atomic E-state index is 1.04. The van der Waals surface area contributed by atoms with E-state index in [-0.39, 0.29) is 0 Å². The lowest BCUT2D eigenvalue weighted by Gasteiger charge is -2.16. The summed E-state index contributed by atoms with van der Waals surface area (Å²) < 4.78 is 2.00. The first kappa shape index (κ1) is 13.3. The van der Waals surface area contributed by atoms with Gasteiger partial charge in [0.1, 0.15) is 0 Å². The van der Waals surface area contributed by atoms with Gasteiger partial charge in [0.2, 0.25) is 0 Å².